The molecular formula is C99H152N4O2S6. The molecule has 0 saturated carbocycles. The molecule has 0 saturated heterocycles. The van der Waals surface area contributed by atoms with E-state index >= 15 is 0 Å². The van der Waals surface area contributed by atoms with Crippen LogP contribution in [0.5, 0.6) is 11.5 Å². The normalized spacial score (nSPS) is 18.2. The van der Waals surface area contributed by atoms with Crippen molar-refractivity contribution < 1.29 is 9.47 Å². The molecule has 8 heterocycles. The molecule has 8 aromatic rings. The summed E-state index contributed by atoms with van der Waals surface area (Å²) in [5.41, 5.74) is 10.7. The molecule has 0 spiro atoms. The van der Waals surface area contributed by atoms with Gasteiger partial charge in [-0.15, -0.1) is 45.3 Å². The van der Waals surface area contributed by atoms with Crippen LogP contribution in [0.25, 0.3) is 72.9 Å². The maximum absolute atomic E-state index is 8.04. The summed E-state index contributed by atoms with van der Waals surface area (Å²) in [5, 5.41) is 0. The van der Waals surface area contributed by atoms with Gasteiger partial charge in [-0.05, 0) is 169 Å². The molecule has 0 bridgehead atoms. The molecular weight excluding hydrogens is 1470 g/mol. The number of aromatic nitrogens is 4. The third kappa shape index (κ3) is 24.1. The minimum absolute atomic E-state index is 0.0426. The standard InChI is InChI=1S/C99H152N4O2S6/c1-23-97(21,22)87-63-83-95(109-87)93-81(99(105-83,58-54-74(16)46-30-42-70(12)38-26-34-66(6)7)59-55-75(17)47-31-43-71(13)39-27-35-67(8)9)61-85(107-93)77-49-48-76(88-89(77)101-110-100-88)84-60-80-92(106-84)94-82(62-86(108-94)78-50-51-79(96(18,19)20)91-90(78)102-111-103-91)104-98(80,56-52-72(14)44-28-40-68(10)36-24-32-64(2)3)57-53-73(15)45-29-41-69(11)37-25-33-65(4)5/h48-51,60-75H,23-47,52-59H2,1-22H3. The summed E-state index contributed by atoms with van der Waals surface area (Å²) < 4.78 is 36.8. The Morgan fingerprint density at radius 1 is 0.324 bits per heavy atom. The summed E-state index contributed by atoms with van der Waals surface area (Å²) >= 11 is 10.6. The highest BCUT2D eigenvalue weighted by atomic mass is 32.1. The largest absolute Gasteiger partial charge is 0.481 e. The van der Waals surface area contributed by atoms with Gasteiger partial charge in [-0.1, -0.05) is 331 Å². The first-order chi connectivity index (χ1) is 52.9. The first-order valence-corrected chi connectivity index (χ1v) is 50.1. The molecule has 12 heteroatoms. The fraction of sp³-hybridized carbons (Fsp3) is 0.717. The van der Waals surface area contributed by atoms with Crippen molar-refractivity contribution in [2.75, 3.05) is 0 Å². The lowest BCUT2D eigenvalue weighted by Crippen LogP contribution is -2.36. The Morgan fingerprint density at radius 2 is 0.604 bits per heavy atom. The van der Waals surface area contributed by atoms with Crippen molar-refractivity contribution in [2.24, 2.45) is 71.0 Å². The zero-order valence-corrected chi connectivity index (χ0v) is 78.8. The molecule has 8 unspecified atom stereocenters. The third-order valence-electron chi connectivity index (χ3n) is 26.5. The van der Waals surface area contributed by atoms with E-state index in [2.05, 4.69) is 201 Å². The van der Waals surface area contributed by atoms with Gasteiger partial charge in [-0.2, -0.15) is 17.5 Å². The van der Waals surface area contributed by atoms with Crippen LogP contribution in [0.2, 0.25) is 0 Å². The molecule has 0 N–H and O–H groups in total. The van der Waals surface area contributed by atoms with E-state index in [-0.39, 0.29) is 10.8 Å². The van der Waals surface area contributed by atoms with E-state index in [1.807, 2.05) is 45.3 Å². The molecule has 2 aliphatic rings. The second-order valence-electron chi connectivity index (χ2n) is 40.3. The minimum Gasteiger partial charge on any atom is -0.481 e. The molecule has 2 aromatic carbocycles. The van der Waals surface area contributed by atoms with Crippen molar-refractivity contribution in [3.63, 3.8) is 0 Å². The quantitative estimate of drug-likeness (QED) is 0.0378. The average molecular weight is 1620 g/mol. The summed E-state index contributed by atoms with van der Waals surface area (Å²) in [6, 6.07) is 19.6. The van der Waals surface area contributed by atoms with Gasteiger partial charge >= 0.3 is 0 Å². The van der Waals surface area contributed by atoms with Crippen molar-refractivity contribution in [2.45, 2.75) is 386 Å². The molecule has 0 radical (unpaired) electrons. The number of nitrogens with zero attached hydrogens (tertiary/aromatic N) is 4. The van der Waals surface area contributed by atoms with E-state index < -0.39 is 11.2 Å². The van der Waals surface area contributed by atoms with Crippen molar-refractivity contribution in [3.05, 3.63) is 70.1 Å². The fourth-order valence-corrected chi connectivity index (χ4v) is 24.6. The van der Waals surface area contributed by atoms with Gasteiger partial charge in [0.05, 0.1) is 43.0 Å². The predicted molar refractivity (Wildman–Crippen MR) is 494 cm³/mol. The Balaban J connectivity index is 1.03. The van der Waals surface area contributed by atoms with E-state index in [1.54, 1.807) is 0 Å². The van der Waals surface area contributed by atoms with E-state index in [1.165, 1.54) is 244 Å². The van der Waals surface area contributed by atoms with Crippen molar-refractivity contribution in [3.8, 4) is 62.3 Å². The molecule has 6 nitrogen and oxygen atoms in total. The van der Waals surface area contributed by atoms with Gasteiger partial charge in [0.25, 0.3) is 0 Å². The van der Waals surface area contributed by atoms with E-state index in [4.69, 9.17) is 27.0 Å². The monoisotopic (exact) mass is 1620 g/mol. The number of benzene rings is 2. The summed E-state index contributed by atoms with van der Waals surface area (Å²) in [7, 11) is 0. The lowest BCUT2D eigenvalue weighted by atomic mass is 9.78. The van der Waals surface area contributed by atoms with Crippen molar-refractivity contribution >= 4 is 90.9 Å². The van der Waals surface area contributed by atoms with Gasteiger partial charge < -0.3 is 9.47 Å². The number of ether oxygens (including phenoxy) is 2. The summed E-state index contributed by atoms with van der Waals surface area (Å²) in [4.78, 5) is 10.5. The Labute approximate surface area is 701 Å². The lowest BCUT2D eigenvalue weighted by molar-refractivity contribution is 0.0321. The van der Waals surface area contributed by atoms with E-state index in [0.29, 0.717) is 23.7 Å². The maximum atomic E-state index is 8.04. The zero-order chi connectivity index (χ0) is 80.0. The number of thiophene rings is 4. The van der Waals surface area contributed by atoms with Crippen LogP contribution in [0.1, 0.15) is 386 Å². The predicted octanol–water partition coefficient (Wildman–Crippen LogP) is 34.6. The van der Waals surface area contributed by atoms with Crippen LogP contribution >= 0.6 is 68.8 Å². The Hall–Kier alpha value is -3.52. The summed E-state index contributed by atoms with van der Waals surface area (Å²) in [6.07, 6.45) is 41.5. The average Bonchev–Trinajstić information content (AvgIpc) is 1.60. The molecule has 0 aliphatic carbocycles. The molecule has 0 amide bonds. The van der Waals surface area contributed by atoms with E-state index in [0.717, 1.165) is 144 Å². The smallest absolute Gasteiger partial charge is 0.140 e. The minimum atomic E-state index is -0.497. The topological polar surface area (TPSA) is 70.0 Å². The molecule has 8 atom stereocenters. The van der Waals surface area contributed by atoms with Crippen LogP contribution in [0, 0.1) is 71.0 Å². The van der Waals surface area contributed by atoms with Crippen LogP contribution in [-0.2, 0) is 22.0 Å². The number of fused-ring (bicyclic) bond motifs is 8. The zero-order valence-electron chi connectivity index (χ0n) is 73.9. The second-order valence-corrected chi connectivity index (χ2v) is 45.5. The van der Waals surface area contributed by atoms with Crippen molar-refractivity contribution in [1.29, 1.82) is 0 Å². The molecule has 0 fully saturated rings. The highest BCUT2D eigenvalue weighted by molar-refractivity contribution is 7.26. The Bertz CT molecular complexity index is 4050. The molecule has 2 aliphatic heterocycles. The second kappa shape index (κ2) is 41.2. The number of hydrogen-bond donors (Lipinski definition) is 0. The summed E-state index contributed by atoms with van der Waals surface area (Å²) in [5.74, 6) is 10.9. The van der Waals surface area contributed by atoms with Gasteiger partial charge in [0.2, 0.25) is 0 Å². The van der Waals surface area contributed by atoms with Crippen LogP contribution in [-0.4, -0.2) is 17.5 Å². The van der Waals surface area contributed by atoms with Gasteiger partial charge in [-0.3, -0.25) is 0 Å². The molecule has 6 aromatic heterocycles. The molecule has 111 heavy (non-hydrogen) atoms. The first kappa shape index (κ1) is 89.8. The highest BCUT2D eigenvalue weighted by Gasteiger charge is 2.47. The molecule has 616 valence electrons. The van der Waals surface area contributed by atoms with E-state index in [9.17, 15) is 0 Å². The molecule has 10 rings (SSSR count). The van der Waals surface area contributed by atoms with Gasteiger partial charge in [0.1, 0.15) is 44.8 Å². The Kier molecular flexibility index (Phi) is 33.4. The van der Waals surface area contributed by atoms with Crippen LogP contribution in [0.15, 0.2) is 48.5 Å². The van der Waals surface area contributed by atoms with Crippen LogP contribution in [0.4, 0.5) is 0 Å². The highest BCUT2D eigenvalue weighted by Crippen LogP contribution is 2.62. The van der Waals surface area contributed by atoms with Crippen molar-refractivity contribution in [1.82, 2.24) is 17.5 Å². The van der Waals surface area contributed by atoms with Gasteiger partial charge in [-0.25, -0.2) is 0 Å². The van der Waals surface area contributed by atoms with Gasteiger partial charge in [0, 0.05) is 47.3 Å². The van der Waals surface area contributed by atoms with Crippen LogP contribution < -0.4 is 9.47 Å². The first-order valence-electron chi connectivity index (χ1n) is 45.3. The SMILES string of the molecule is CCC(C)(C)c1cc2c(s1)-c1sc(-c3ccc(-c4cc5c(s4)-c4sc(-c6ccc(C(C)(C)C)c7nsnc67)cc4OC5(CCC(C)CCCC(C)CCCC(C)C)CCC(C)CCCC(C)CCCC(C)C)c4nsnc34)cc1C(CCC(C)CCCC(C)CCCC(C)C)(CCC(C)CCCC(C)CCCC(C)C)O2. The van der Waals surface area contributed by atoms with Crippen LogP contribution in [0.3, 0.4) is 0 Å². The number of rotatable bonds is 49. The maximum Gasteiger partial charge on any atom is 0.140 e. The third-order valence-corrected chi connectivity index (χ3v) is 32.9. The number of hydrogen-bond acceptors (Lipinski definition) is 12. The Morgan fingerprint density at radius 3 is 0.937 bits per heavy atom. The fourth-order valence-electron chi connectivity index (χ4n) is 18.2. The summed E-state index contributed by atoms with van der Waals surface area (Å²) in [6.45, 7) is 53.3. The lowest BCUT2D eigenvalue weighted by Gasteiger charge is -2.39. The van der Waals surface area contributed by atoms with Gasteiger partial charge in [0.15, 0.2) is 0 Å².